The Hall–Kier alpha value is -1.39. The van der Waals surface area contributed by atoms with Crippen molar-refractivity contribution in [2.75, 3.05) is 6.54 Å². The van der Waals surface area contributed by atoms with Crippen LogP contribution in [-0.4, -0.2) is 22.6 Å². The van der Waals surface area contributed by atoms with E-state index >= 15 is 0 Å². The van der Waals surface area contributed by atoms with Gasteiger partial charge in [-0.15, -0.1) is 10.2 Å². The molecule has 1 heterocycles. The van der Waals surface area contributed by atoms with Gasteiger partial charge in [-0.3, -0.25) is 4.79 Å². The van der Waals surface area contributed by atoms with Crippen LogP contribution in [0.1, 0.15) is 38.0 Å². The van der Waals surface area contributed by atoms with Gasteiger partial charge in [0.05, 0.1) is 0 Å². The van der Waals surface area contributed by atoms with Crippen LogP contribution in [0.2, 0.25) is 0 Å². The summed E-state index contributed by atoms with van der Waals surface area (Å²) in [5.41, 5.74) is 0. The zero-order valence-corrected chi connectivity index (χ0v) is 9.25. The molecule has 1 N–H and O–H groups in total. The van der Waals surface area contributed by atoms with E-state index in [2.05, 4.69) is 22.4 Å². The van der Waals surface area contributed by atoms with Crippen LogP contribution in [0.15, 0.2) is 4.42 Å². The van der Waals surface area contributed by atoms with Gasteiger partial charge in [0.25, 0.3) is 0 Å². The standard InChI is InChI=1S/C10H17N3O2/c1-3-4-7-11-9(14)5-6-10-13-12-8(2)15-10/h3-7H2,1-2H3,(H,11,14). The Kier molecular flexibility index (Phi) is 4.80. The lowest BCUT2D eigenvalue weighted by molar-refractivity contribution is -0.121. The quantitative estimate of drug-likeness (QED) is 0.718. The molecule has 0 saturated heterocycles. The second-order valence-electron chi connectivity index (χ2n) is 3.42. The highest BCUT2D eigenvalue weighted by Crippen LogP contribution is 2.01. The van der Waals surface area contributed by atoms with Gasteiger partial charge >= 0.3 is 0 Å². The third kappa shape index (κ3) is 4.58. The van der Waals surface area contributed by atoms with Gasteiger partial charge in [-0.25, -0.2) is 0 Å². The number of carbonyl (C=O) groups is 1. The maximum Gasteiger partial charge on any atom is 0.220 e. The van der Waals surface area contributed by atoms with Crippen molar-refractivity contribution in [2.45, 2.75) is 39.5 Å². The summed E-state index contributed by atoms with van der Waals surface area (Å²) in [5, 5.41) is 10.3. The molecule has 84 valence electrons. The first-order valence-electron chi connectivity index (χ1n) is 5.28. The molecule has 0 radical (unpaired) electrons. The number of rotatable bonds is 6. The molecule has 0 aliphatic heterocycles. The Morgan fingerprint density at radius 3 is 2.87 bits per heavy atom. The van der Waals surface area contributed by atoms with Crippen molar-refractivity contribution in [1.82, 2.24) is 15.5 Å². The molecular formula is C10H17N3O2. The summed E-state index contributed by atoms with van der Waals surface area (Å²) in [6.45, 7) is 4.57. The molecular weight excluding hydrogens is 194 g/mol. The molecule has 5 nitrogen and oxygen atoms in total. The Labute approximate surface area is 89.3 Å². The maximum absolute atomic E-state index is 11.3. The van der Waals surface area contributed by atoms with E-state index in [0.717, 1.165) is 19.4 Å². The smallest absolute Gasteiger partial charge is 0.220 e. The highest BCUT2D eigenvalue weighted by atomic mass is 16.4. The number of amides is 1. The fraction of sp³-hybridized carbons (Fsp3) is 0.700. The van der Waals surface area contributed by atoms with Gasteiger partial charge in [0, 0.05) is 26.3 Å². The first-order chi connectivity index (χ1) is 7.22. The molecule has 5 heteroatoms. The van der Waals surface area contributed by atoms with Crippen molar-refractivity contribution < 1.29 is 9.21 Å². The van der Waals surface area contributed by atoms with Crippen molar-refractivity contribution in [3.8, 4) is 0 Å². The molecule has 0 aromatic carbocycles. The van der Waals surface area contributed by atoms with Crippen molar-refractivity contribution in [1.29, 1.82) is 0 Å². The van der Waals surface area contributed by atoms with E-state index in [-0.39, 0.29) is 5.91 Å². The van der Waals surface area contributed by atoms with Gasteiger partial charge in [0.15, 0.2) is 0 Å². The summed E-state index contributed by atoms with van der Waals surface area (Å²) in [4.78, 5) is 11.3. The Morgan fingerprint density at radius 1 is 1.47 bits per heavy atom. The lowest BCUT2D eigenvalue weighted by Crippen LogP contribution is -2.24. The van der Waals surface area contributed by atoms with Gasteiger partial charge in [-0.1, -0.05) is 13.3 Å². The average Bonchev–Trinajstić information content (AvgIpc) is 2.62. The molecule has 0 spiro atoms. The molecule has 1 amide bonds. The number of unbranched alkanes of at least 4 members (excludes halogenated alkanes) is 1. The number of aromatic nitrogens is 2. The monoisotopic (exact) mass is 211 g/mol. The van der Waals surface area contributed by atoms with Crippen LogP contribution in [0.5, 0.6) is 0 Å². The SMILES string of the molecule is CCCCNC(=O)CCc1nnc(C)o1. The lowest BCUT2D eigenvalue weighted by atomic mass is 10.3. The zero-order chi connectivity index (χ0) is 11.1. The first kappa shape index (κ1) is 11.7. The molecule has 1 rings (SSSR count). The summed E-state index contributed by atoms with van der Waals surface area (Å²) in [7, 11) is 0. The number of nitrogens with one attached hydrogen (secondary N) is 1. The molecule has 0 unspecified atom stereocenters. The zero-order valence-electron chi connectivity index (χ0n) is 9.25. The van der Waals surface area contributed by atoms with E-state index in [4.69, 9.17) is 4.42 Å². The average molecular weight is 211 g/mol. The minimum absolute atomic E-state index is 0.0410. The third-order valence-corrected chi connectivity index (χ3v) is 1.99. The molecule has 0 fully saturated rings. The van der Waals surface area contributed by atoms with Crippen LogP contribution in [0, 0.1) is 6.92 Å². The highest BCUT2D eigenvalue weighted by molar-refractivity contribution is 5.75. The molecule has 1 aromatic rings. The van der Waals surface area contributed by atoms with Crippen molar-refractivity contribution in [2.24, 2.45) is 0 Å². The molecule has 0 bridgehead atoms. The van der Waals surface area contributed by atoms with Gasteiger partial charge in [0.1, 0.15) is 0 Å². The van der Waals surface area contributed by atoms with Crippen molar-refractivity contribution >= 4 is 5.91 Å². The summed E-state index contributed by atoms with van der Waals surface area (Å²) >= 11 is 0. The van der Waals surface area contributed by atoms with Crippen LogP contribution in [-0.2, 0) is 11.2 Å². The van der Waals surface area contributed by atoms with Crippen LogP contribution < -0.4 is 5.32 Å². The minimum atomic E-state index is 0.0410. The Bertz CT molecular complexity index is 309. The van der Waals surface area contributed by atoms with Crippen molar-refractivity contribution in [3.05, 3.63) is 11.8 Å². The van der Waals surface area contributed by atoms with E-state index < -0.39 is 0 Å². The van der Waals surface area contributed by atoms with Crippen LogP contribution >= 0.6 is 0 Å². The number of aryl methyl sites for hydroxylation is 2. The maximum atomic E-state index is 11.3. The van der Waals surface area contributed by atoms with E-state index in [1.807, 2.05) is 0 Å². The second-order valence-corrected chi connectivity index (χ2v) is 3.42. The highest BCUT2D eigenvalue weighted by Gasteiger charge is 2.06. The first-order valence-corrected chi connectivity index (χ1v) is 5.28. The van der Waals surface area contributed by atoms with Gasteiger partial charge in [-0.2, -0.15) is 0 Å². The minimum Gasteiger partial charge on any atom is -0.426 e. The van der Waals surface area contributed by atoms with Gasteiger partial charge < -0.3 is 9.73 Å². The predicted octanol–water partition coefficient (Wildman–Crippen LogP) is 1.23. The molecule has 0 aliphatic carbocycles. The molecule has 0 saturated carbocycles. The number of hydrogen-bond donors (Lipinski definition) is 1. The summed E-state index contributed by atoms with van der Waals surface area (Å²) in [5.74, 6) is 1.11. The van der Waals surface area contributed by atoms with E-state index in [1.54, 1.807) is 6.92 Å². The van der Waals surface area contributed by atoms with E-state index in [0.29, 0.717) is 24.6 Å². The van der Waals surface area contributed by atoms with Crippen LogP contribution in [0.25, 0.3) is 0 Å². The van der Waals surface area contributed by atoms with E-state index in [1.165, 1.54) is 0 Å². The molecule has 0 atom stereocenters. The second kappa shape index (κ2) is 6.16. The molecule has 15 heavy (non-hydrogen) atoms. The third-order valence-electron chi connectivity index (χ3n) is 1.99. The van der Waals surface area contributed by atoms with Crippen LogP contribution in [0.4, 0.5) is 0 Å². The summed E-state index contributed by atoms with van der Waals surface area (Å²) in [6, 6.07) is 0. The van der Waals surface area contributed by atoms with Gasteiger partial charge in [-0.05, 0) is 6.42 Å². The lowest BCUT2D eigenvalue weighted by Gasteiger charge is -2.01. The largest absolute Gasteiger partial charge is 0.426 e. The number of carbonyl (C=O) groups excluding carboxylic acids is 1. The fourth-order valence-electron chi connectivity index (χ4n) is 1.15. The number of nitrogens with zero attached hydrogens (tertiary/aromatic N) is 2. The topological polar surface area (TPSA) is 68.0 Å². The Balaban J connectivity index is 2.16. The normalized spacial score (nSPS) is 10.3. The number of hydrogen-bond acceptors (Lipinski definition) is 4. The van der Waals surface area contributed by atoms with Gasteiger partial charge in [0.2, 0.25) is 17.7 Å². The van der Waals surface area contributed by atoms with Crippen molar-refractivity contribution in [3.63, 3.8) is 0 Å². The molecule has 0 aliphatic rings. The Morgan fingerprint density at radius 2 is 2.27 bits per heavy atom. The summed E-state index contributed by atoms with van der Waals surface area (Å²) in [6.07, 6.45) is 3.03. The summed E-state index contributed by atoms with van der Waals surface area (Å²) < 4.78 is 5.16. The predicted molar refractivity (Wildman–Crippen MR) is 55.3 cm³/mol. The van der Waals surface area contributed by atoms with E-state index in [9.17, 15) is 4.79 Å². The molecule has 1 aromatic heterocycles. The fourth-order valence-corrected chi connectivity index (χ4v) is 1.15. The van der Waals surface area contributed by atoms with Crippen LogP contribution in [0.3, 0.4) is 0 Å².